The molecule has 0 N–H and O–H groups in total. The Morgan fingerprint density at radius 2 is 2.17 bits per heavy atom. The van der Waals surface area contributed by atoms with Crippen LogP contribution < -0.4 is 0 Å². The highest BCUT2D eigenvalue weighted by atomic mass is 35.5. The molecule has 0 atom stereocenters. The molecule has 70 valence electrons. The summed E-state index contributed by atoms with van der Waals surface area (Å²) in [5.74, 6) is -0.0192. The number of hydrogen-bond acceptors (Lipinski definition) is 4. The van der Waals surface area contributed by atoms with E-state index >= 15 is 0 Å². The first-order valence-corrected chi connectivity index (χ1v) is 4.18. The first kappa shape index (κ1) is 11.8. The Bertz CT molecular complexity index is 183. The van der Waals surface area contributed by atoms with E-state index in [0.717, 1.165) is 7.11 Å². The van der Waals surface area contributed by atoms with Gasteiger partial charge in [-0.1, -0.05) is 28.4 Å². The third-order valence-electron chi connectivity index (χ3n) is 0.793. The molecule has 0 heterocycles. The fourth-order valence-electron chi connectivity index (χ4n) is 0.256. The van der Waals surface area contributed by atoms with Gasteiger partial charge >= 0.3 is 6.16 Å². The van der Waals surface area contributed by atoms with Crippen molar-refractivity contribution in [2.45, 2.75) is 4.84 Å². The number of halogens is 3. The summed E-state index contributed by atoms with van der Waals surface area (Å²) in [6.07, 6.45) is -0.952. The van der Waals surface area contributed by atoms with Gasteiger partial charge in [-0.15, -0.1) is 11.6 Å². The summed E-state index contributed by atoms with van der Waals surface area (Å²) in [5, 5.41) is 3.26. The molecule has 0 aromatic heterocycles. The predicted octanol–water partition coefficient (Wildman–Crippen LogP) is 2.17. The highest BCUT2D eigenvalue weighted by molar-refractivity contribution is 6.56. The second-order valence-electron chi connectivity index (χ2n) is 1.56. The molecule has 0 rings (SSSR count). The van der Waals surface area contributed by atoms with Gasteiger partial charge in [0.1, 0.15) is 10.5 Å². The SMILES string of the molecule is COC(=O)ON=C(CCl)C(Cl)Cl. The Balaban J connectivity index is 4.03. The maximum atomic E-state index is 10.4. The van der Waals surface area contributed by atoms with Crippen LogP contribution in [0.25, 0.3) is 0 Å². The highest BCUT2D eigenvalue weighted by Gasteiger charge is 2.10. The quantitative estimate of drug-likeness (QED) is 0.247. The topological polar surface area (TPSA) is 47.9 Å². The summed E-state index contributed by atoms with van der Waals surface area (Å²) in [6, 6.07) is 0. The monoisotopic (exact) mass is 233 g/mol. The predicted molar refractivity (Wildman–Crippen MR) is 47.1 cm³/mol. The summed E-state index contributed by atoms with van der Waals surface area (Å²) in [5.41, 5.74) is 0.144. The lowest BCUT2D eigenvalue weighted by molar-refractivity contribution is 0.0752. The molecule has 0 aromatic rings. The van der Waals surface area contributed by atoms with Gasteiger partial charge in [0, 0.05) is 0 Å². The number of rotatable bonds is 3. The molecule has 0 aliphatic rings. The summed E-state index contributed by atoms with van der Waals surface area (Å²) in [7, 11) is 1.15. The van der Waals surface area contributed by atoms with E-state index in [2.05, 4.69) is 14.7 Å². The molecule has 0 aliphatic carbocycles. The molecule has 0 saturated carbocycles. The van der Waals surface area contributed by atoms with Crippen molar-refractivity contribution in [2.75, 3.05) is 13.0 Å². The lowest BCUT2D eigenvalue weighted by atomic mass is 10.5. The van der Waals surface area contributed by atoms with Crippen LogP contribution in [0.1, 0.15) is 0 Å². The van der Waals surface area contributed by atoms with Gasteiger partial charge in [0.05, 0.1) is 13.0 Å². The fourth-order valence-corrected chi connectivity index (χ4v) is 0.851. The lowest BCUT2D eigenvalue weighted by Gasteiger charge is -2.00. The Morgan fingerprint density at radius 3 is 2.50 bits per heavy atom. The number of methoxy groups -OCH3 is 1. The van der Waals surface area contributed by atoms with E-state index in [1.165, 1.54) is 0 Å². The molecule has 0 radical (unpaired) electrons. The minimum Gasteiger partial charge on any atom is -0.436 e. The summed E-state index contributed by atoms with van der Waals surface area (Å²) in [6.45, 7) is 0. The van der Waals surface area contributed by atoms with Gasteiger partial charge in [-0.25, -0.2) is 4.79 Å². The van der Waals surface area contributed by atoms with Crippen LogP contribution in [0.5, 0.6) is 0 Å². The summed E-state index contributed by atoms with van der Waals surface area (Å²) in [4.78, 5) is 13.7. The molecular formula is C5H6Cl3NO3. The van der Waals surface area contributed by atoms with E-state index in [-0.39, 0.29) is 11.6 Å². The molecule has 0 aromatic carbocycles. The molecule has 0 amide bonds. The van der Waals surface area contributed by atoms with Crippen LogP contribution in [0.3, 0.4) is 0 Å². The fraction of sp³-hybridized carbons (Fsp3) is 0.600. The molecule has 0 saturated heterocycles. The van der Waals surface area contributed by atoms with E-state index in [0.29, 0.717) is 0 Å². The first-order chi connectivity index (χ1) is 5.61. The number of ether oxygens (including phenoxy) is 1. The second kappa shape index (κ2) is 6.34. The van der Waals surface area contributed by atoms with Crippen molar-refractivity contribution in [3.05, 3.63) is 0 Å². The number of oxime groups is 1. The van der Waals surface area contributed by atoms with Gasteiger partial charge in [-0.05, 0) is 0 Å². The third-order valence-corrected chi connectivity index (χ3v) is 1.57. The van der Waals surface area contributed by atoms with Gasteiger partial charge in [-0.3, -0.25) is 4.84 Å². The minimum atomic E-state index is -0.952. The van der Waals surface area contributed by atoms with Gasteiger partial charge in [0.2, 0.25) is 0 Å². The van der Waals surface area contributed by atoms with Crippen LogP contribution in [-0.4, -0.2) is 29.7 Å². The number of nitrogens with zero attached hydrogens (tertiary/aromatic N) is 1. The van der Waals surface area contributed by atoms with Crippen LogP contribution in [0.15, 0.2) is 5.16 Å². The lowest BCUT2D eigenvalue weighted by Crippen LogP contribution is -2.12. The first-order valence-electron chi connectivity index (χ1n) is 2.77. The minimum absolute atomic E-state index is 0.0192. The number of carbonyl (C=O) groups excluding carboxylic acids is 1. The molecule has 0 fully saturated rings. The van der Waals surface area contributed by atoms with Crippen molar-refractivity contribution < 1.29 is 14.4 Å². The van der Waals surface area contributed by atoms with Gasteiger partial charge in [0.25, 0.3) is 0 Å². The summed E-state index contributed by atoms with van der Waals surface area (Å²) >= 11 is 16.1. The standard InChI is InChI=1S/C5H6Cl3NO3/c1-11-5(10)12-9-3(2-6)4(7)8/h4H,2H2,1H3. The average molecular weight is 234 g/mol. The van der Waals surface area contributed by atoms with Crippen molar-refractivity contribution in [1.29, 1.82) is 0 Å². The van der Waals surface area contributed by atoms with Crippen molar-refractivity contribution >= 4 is 46.7 Å². The highest BCUT2D eigenvalue weighted by Crippen LogP contribution is 2.06. The zero-order valence-electron chi connectivity index (χ0n) is 6.09. The van der Waals surface area contributed by atoms with Gasteiger partial charge in [-0.2, -0.15) is 0 Å². The Morgan fingerprint density at radius 1 is 1.58 bits per heavy atom. The van der Waals surface area contributed by atoms with Crippen molar-refractivity contribution in [3.8, 4) is 0 Å². The van der Waals surface area contributed by atoms with Crippen LogP contribution >= 0.6 is 34.8 Å². The van der Waals surface area contributed by atoms with E-state index < -0.39 is 11.0 Å². The number of hydrogen-bond donors (Lipinski definition) is 0. The summed E-state index contributed by atoms with van der Waals surface area (Å²) < 4.78 is 4.13. The maximum Gasteiger partial charge on any atom is 0.534 e. The smallest absolute Gasteiger partial charge is 0.436 e. The Labute approximate surface area is 84.3 Å². The van der Waals surface area contributed by atoms with Gasteiger partial charge in [0.15, 0.2) is 0 Å². The van der Waals surface area contributed by atoms with Crippen molar-refractivity contribution in [3.63, 3.8) is 0 Å². The molecule has 7 heteroatoms. The maximum absolute atomic E-state index is 10.4. The molecule has 0 aliphatic heterocycles. The van der Waals surface area contributed by atoms with Crippen LogP contribution in [0.2, 0.25) is 0 Å². The largest absolute Gasteiger partial charge is 0.534 e. The molecule has 0 bridgehead atoms. The molecule has 0 spiro atoms. The molecular weight excluding hydrogens is 228 g/mol. The zero-order valence-corrected chi connectivity index (χ0v) is 8.36. The van der Waals surface area contributed by atoms with Crippen LogP contribution in [0, 0.1) is 0 Å². The van der Waals surface area contributed by atoms with Crippen LogP contribution in [-0.2, 0) is 9.57 Å². The Hall–Kier alpha value is -0.190. The van der Waals surface area contributed by atoms with Crippen LogP contribution in [0.4, 0.5) is 4.79 Å². The van der Waals surface area contributed by atoms with E-state index in [9.17, 15) is 4.79 Å². The number of carbonyl (C=O) groups is 1. The molecule has 12 heavy (non-hydrogen) atoms. The average Bonchev–Trinajstić information content (AvgIpc) is 2.04. The van der Waals surface area contributed by atoms with E-state index in [1.54, 1.807) is 0 Å². The second-order valence-corrected chi connectivity index (χ2v) is 2.93. The zero-order chi connectivity index (χ0) is 9.56. The number of alkyl halides is 3. The van der Waals surface area contributed by atoms with E-state index in [1.807, 2.05) is 0 Å². The third kappa shape index (κ3) is 4.64. The Kier molecular flexibility index (Phi) is 6.24. The van der Waals surface area contributed by atoms with E-state index in [4.69, 9.17) is 34.8 Å². The van der Waals surface area contributed by atoms with Crippen molar-refractivity contribution in [2.24, 2.45) is 5.16 Å². The normalized spacial score (nSPS) is 11.6. The van der Waals surface area contributed by atoms with Gasteiger partial charge < -0.3 is 4.74 Å². The molecule has 0 unspecified atom stereocenters. The van der Waals surface area contributed by atoms with Crippen molar-refractivity contribution in [1.82, 2.24) is 0 Å². The molecule has 4 nitrogen and oxygen atoms in total.